The standard InChI is InChI=1S/C14H19BrClN3OSi/c1-21(2,3)14-10(16)4-5-11-12(15)13(17-19(11)14)18-6-8-20-9-7-18/h4-5H,6-9H2,1-3H3. The maximum Gasteiger partial charge on any atom is 0.166 e. The molecule has 0 atom stereocenters. The molecule has 0 radical (unpaired) electrons. The van der Waals surface area contributed by atoms with Gasteiger partial charge in [-0.25, -0.2) is 4.52 Å². The lowest BCUT2D eigenvalue weighted by Gasteiger charge is -2.26. The first kappa shape index (κ1) is 15.3. The molecule has 21 heavy (non-hydrogen) atoms. The monoisotopic (exact) mass is 387 g/mol. The van der Waals surface area contributed by atoms with E-state index >= 15 is 0 Å². The van der Waals surface area contributed by atoms with E-state index in [1.807, 2.05) is 16.6 Å². The van der Waals surface area contributed by atoms with E-state index in [4.69, 9.17) is 21.4 Å². The summed E-state index contributed by atoms with van der Waals surface area (Å²) in [6.07, 6.45) is 0. The van der Waals surface area contributed by atoms with Crippen molar-refractivity contribution in [1.29, 1.82) is 0 Å². The van der Waals surface area contributed by atoms with Gasteiger partial charge in [0.1, 0.15) is 8.07 Å². The Kier molecular flexibility index (Phi) is 4.07. The molecule has 0 amide bonds. The fraction of sp³-hybridized carbons (Fsp3) is 0.500. The highest BCUT2D eigenvalue weighted by atomic mass is 79.9. The first-order chi connectivity index (χ1) is 9.89. The molecule has 1 aliphatic heterocycles. The Balaban J connectivity index is 2.19. The molecule has 3 rings (SSSR count). The Morgan fingerprint density at radius 3 is 2.52 bits per heavy atom. The molecule has 2 aromatic rings. The smallest absolute Gasteiger partial charge is 0.166 e. The fourth-order valence-corrected chi connectivity index (χ4v) is 5.93. The number of anilines is 1. The van der Waals surface area contributed by atoms with Crippen LogP contribution in [-0.4, -0.2) is 44.0 Å². The van der Waals surface area contributed by atoms with E-state index < -0.39 is 8.07 Å². The molecule has 1 saturated heterocycles. The molecule has 1 aliphatic rings. The number of hydrogen-bond acceptors (Lipinski definition) is 3. The summed E-state index contributed by atoms with van der Waals surface area (Å²) in [5, 5.41) is 6.83. The number of morpholine rings is 1. The van der Waals surface area contributed by atoms with Gasteiger partial charge in [-0.05, 0) is 28.1 Å². The van der Waals surface area contributed by atoms with Crippen LogP contribution in [0.3, 0.4) is 0 Å². The normalized spacial score (nSPS) is 16.7. The molecule has 4 nitrogen and oxygen atoms in total. The van der Waals surface area contributed by atoms with Crippen molar-refractivity contribution in [1.82, 2.24) is 9.61 Å². The molecule has 0 N–H and O–H groups in total. The Morgan fingerprint density at radius 2 is 1.90 bits per heavy atom. The molecule has 0 unspecified atom stereocenters. The number of rotatable bonds is 2. The molecule has 0 saturated carbocycles. The van der Waals surface area contributed by atoms with Crippen molar-refractivity contribution in [3.05, 3.63) is 21.6 Å². The zero-order valence-electron chi connectivity index (χ0n) is 12.5. The van der Waals surface area contributed by atoms with Crippen LogP contribution in [0.15, 0.2) is 16.6 Å². The van der Waals surface area contributed by atoms with Crippen molar-refractivity contribution >= 4 is 52.3 Å². The second kappa shape index (κ2) is 5.57. The zero-order valence-corrected chi connectivity index (χ0v) is 15.8. The van der Waals surface area contributed by atoms with Crippen LogP contribution >= 0.6 is 27.5 Å². The third-order valence-electron chi connectivity index (χ3n) is 3.69. The van der Waals surface area contributed by atoms with Crippen molar-refractivity contribution in [2.45, 2.75) is 19.6 Å². The first-order valence-electron chi connectivity index (χ1n) is 7.09. The Bertz CT molecular complexity index is 677. The van der Waals surface area contributed by atoms with Crippen molar-refractivity contribution in [3.8, 4) is 0 Å². The number of aromatic nitrogens is 2. The average Bonchev–Trinajstić information content (AvgIpc) is 2.75. The van der Waals surface area contributed by atoms with E-state index in [0.29, 0.717) is 0 Å². The van der Waals surface area contributed by atoms with Crippen LogP contribution in [-0.2, 0) is 4.74 Å². The summed E-state index contributed by atoms with van der Waals surface area (Å²) in [5.41, 5.74) is 1.08. The van der Waals surface area contributed by atoms with Crippen molar-refractivity contribution < 1.29 is 4.74 Å². The van der Waals surface area contributed by atoms with Crippen LogP contribution in [0.25, 0.3) is 5.52 Å². The summed E-state index contributed by atoms with van der Waals surface area (Å²) in [7, 11) is -1.60. The van der Waals surface area contributed by atoms with Gasteiger partial charge in [0.05, 0.1) is 28.2 Å². The number of hydrogen-bond donors (Lipinski definition) is 0. The Morgan fingerprint density at radius 1 is 1.24 bits per heavy atom. The van der Waals surface area contributed by atoms with E-state index in [0.717, 1.165) is 47.1 Å². The molecule has 2 aromatic heterocycles. The average molecular weight is 389 g/mol. The fourth-order valence-electron chi connectivity index (χ4n) is 2.70. The SMILES string of the molecule is C[Si](C)(C)c1c(Cl)ccc2c(Br)c(N3CCOCC3)nn12. The van der Waals surface area contributed by atoms with E-state index in [2.05, 4.69) is 40.5 Å². The summed E-state index contributed by atoms with van der Waals surface area (Å²) in [6.45, 7) is 10.1. The van der Waals surface area contributed by atoms with Crippen LogP contribution in [0.5, 0.6) is 0 Å². The van der Waals surface area contributed by atoms with Crippen LogP contribution in [0.2, 0.25) is 24.7 Å². The minimum absolute atomic E-state index is 0.752. The van der Waals surface area contributed by atoms with Gasteiger partial charge in [0.2, 0.25) is 0 Å². The third kappa shape index (κ3) is 2.74. The summed E-state index contributed by atoms with van der Waals surface area (Å²) >= 11 is 10.2. The van der Waals surface area contributed by atoms with Crippen LogP contribution in [0, 0.1) is 0 Å². The highest BCUT2D eigenvalue weighted by Gasteiger charge is 2.27. The van der Waals surface area contributed by atoms with Gasteiger partial charge < -0.3 is 9.64 Å². The lowest BCUT2D eigenvalue weighted by atomic mass is 10.3. The van der Waals surface area contributed by atoms with Gasteiger partial charge in [0.15, 0.2) is 5.82 Å². The molecule has 0 aliphatic carbocycles. The lowest BCUT2D eigenvalue weighted by Crippen LogP contribution is -2.43. The van der Waals surface area contributed by atoms with Crippen LogP contribution < -0.4 is 10.2 Å². The van der Waals surface area contributed by atoms with E-state index in [1.54, 1.807) is 0 Å². The highest BCUT2D eigenvalue weighted by molar-refractivity contribution is 9.10. The molecule has 0 bridgehead atoms. The predicted molar refractivity (Wildman–Crippen MR) is 93.9 cm³/mol. The highest BCUT2D eigenvalue weighted by Crippen LogP contribution is 2.31. The third-order valence-corrected chi connectivity index (χ3v) is 6.82. The lowest BCUT2D eigenvalue weighted by molar-refractivity contribution is 0.122. The predicted octanol–water partition coefficient (Wildman–Crippen LogP) is 3.13. The molecular weight excluding hydrogens is 370 g/mol. The van der Waals surface area contributed by atoms with Gasteiger partial charge in [-0.1, -0.05) is 31.2 Å². The molecule has 1 fully saturated rings. The summed E-state index contributed by atoms with van der Waals surface area (Å²) in [6, 6.07) is 4.02. The topological polar surface area (TPSA) is 29.8 Å². The van der Waals surface area contributed by atoms with Crippen LogP contribution in [0.4, 0.5) is 5.82 Å². The van der Waals surface area contributed by atoms with Gasteiger partial charge in [-0.15, -0.1) is 5.10 Å². The summed E-state index contributed by atoms with van der Waals surface area (Å²) < 4.78 is 8.50. The molecule has 0 spiro atoms. The first-order valence-corrected chi connectivity index (χ1v) is 11.8. The summed E-state index contributed by atoms with van der Waals surface area (Å²) in [4.78, 5) is 2.27. The molecular formula is C14H19BrClN3OSi. The minimum Gasteiger partial charge on any atom is -0.378 e. The largest absolute Gasteiger partial charge is 0.378 e. The van der Waals surface area contributed by atoms with Gasteiger partial charge in [-0.2, -0.15) is 0 Å². The summed E-state index contributed by atoms with van der Waals surface area (Å²) in [5.74, 6) is 0.986. The van der Waals surface area contributed by atoms with E-state index in [9.17, 15) is 0 Å². The van der Waals surface area contributed by atoms with Crippen molar-refractivity contribution in [3.63, 3.8) is 0 Å². The number of ether oxygens (including phenoxy) is 1. The van der Waals surface area contributed by atoms with Gasteiger partial charge in [0.25, 0.3) is 0 Å². The second-order valence-corrected chi connectivity index (χ2v) is 12.5. The number of halogens is 2. The number of nitrogens with zero attached hydrogens (tertiary/aromatic N) is 3. The zero-order chi connectivity index (χ0) is 15.2. The number of pyridine rings is 1. The van der Waals surface area contributed by atoms with Gasteiger partial charge in [0, 0.05) is 18.4 Å². The van der Waals surface area contributed by atoms with Crippen LogP contribution in [0.1, 0.15) is 0 Å². The van der Waals surface area contributed by atoms with E-state index in [-0.39, 0.29) is 0 Å². The second-order valence-electron chi connectivity index (χ2n) is 6.31. The molecule has 7 heteroatoms. The Hall–Kier alpha value is -0.563. The number of fused-ring (bicyclic) bond motifs is 1. The quantitative estimate of drug-likeness (QED) is 0.740. The van der Waals surface area contributed by atoms with Gasteiger partial charge >= 0.3 is 0 Å². The molecule has 114 valence electrons. The Labute approximate surface area is 139 Å². The minimum atomic E-state index is -1.60. The van der Waals surface area contributed by atoms with E-state index in [1.165, 1.54) is 5.32 Å². The van der Waals surface area contributed by atoms with Crippen molar-refractivity contribution in [2.75, 3.05) is 31.2 Å². The maximum absolute atomic E-state index is 6.46. The molecule has 3 heterocycles. The molecule has 0 aromatic carbocycles. The maximum atomic E-state index is 6.46. The van der Waals surface area contributed by atoms with Crippen molar-refractivity contribution in [2.24, 2.45) is 0 Å². The van der Waals surface area contributed by atoms with Gasteiger partial charge in [-0.3, -0.25) is 0 Å².